The maximum Gasteiger partial charge on any atom is 0.209 e. The summed E-state index contributed by atoms with van der Waals surface area (Å²) in [5, 5.41) is 0. The van der Waals surface area contributed by atoms with Gasteiger partial charge in [-0.05, 0) is 25.8 Å². The summed E-state index contributed by atoms with van der Waals surface area (Å²) in [4.78, 5) is 25.1. The van der Waals surface area contributed by atoms with Crippen LogP contribution in [0, 0.1) is 0 Å². The molecule has 0 aromatic heterocycles. The van der Waals surface area contributed by atoms with Crippen molar-refractivity contribution < 1.29 is 14.3 Å². The van der Waals surface area contributed by atoms with Gasteiger partial charge in [0, 0.05) is 25.7 Å². The number of likely N-dealkylation sites (tertiary alicyclic amines) is 1. The van der Waals surface area contributed by atoms with E-state index in [9.17, 15) is 9.59 Å². The van der Waals surface area contributed by atoms with Crippen LogP contribution in [0.3, 0.4) is 0 Å². The molecular formula is C13H22N2O3. The number of rotatable bonds is 8. The number of ether oxygens (including phenoxy) is 1. The van der Waals surface area contributed by atoms with Gasteiger partial charge < -0.3 is 14.5 Å². The lowest BCUT2D eigenvalue weighted by Crippen LogP contribution is -2.44. The number of amides is 1. The molecule has 1 aliphatic heterocycles. The van der Waals surface area contributed by atoms with Crippen molar-refractivity contribution >= 4 is 12.7 Å². The van der Waals surface area contributed by atoms with Crippen LogP contribution in [0.25, 0.3) is 0 Å². The standard InChI is InChI=1S/C13H22N2O3/c1-3-6-15(11-17)13-4-7-14(8-5-13)12(2)18-10-9-16/h9,11,13H,2-8,10H2,1H3. The summed E-state index contributed by atoms with van der Waals surface area (Å²) >= 11 is 0. The first-order valence-electron chi connectivity index (χ1n) is 6.44. The molecule has 0 saturated carbocycles. The van der Waals surface area contributed by atoms with Crippen LogP contribution in [0.2, 0.25) is 0 Å². The molecule has 0 unspecified atom stereocenters. The second kappa shape index (κ2) is 7.74. The Labute approximate surface area is 108 Å². The van der Waals surface area contributed by atoms with Crippen molar-refractivity contribution in [1.82, 2.24) is 9.80 Å². The molecule has 1 fully saturated rings. The highest BCUT2D eigenvalue weighted by atomic mass is 16.5. The van der Waals surface area contributed by atoms with E-state index in [1.165, 1.54) is 0 Å². The van der Waals surface area contributed by atoms with Gasteiger partial charge in [0.1, 0.15) is 6.61 Å². The maximum absolute atomic E-state index is 11.0. The van der Waals surface area contributed by atoms with Crippen molar-refractivity contribution in [2.45, 2.75) is 32.2 Å². The summed E-state index contributed by atoms with van der Waals surface area (Å²) in [6, 6.07) is 0.317. The molecule has 1 heterocycles. The Balaban J connectivity index is 2.37. The van der Waals surface area contributed by atoms with Gasteiger partial charge in [-0.25, -0.2) is 0 Å². The lowest BCUT2D eigenvalue weighted by molar-refractivity contribution is -0.121. The molecular weight excluding hydrogens is 232 g/mol. The Morgan fingerprint density at radius 2 is 2.11 bits per heavy atom. The number of nitrogens with zero attached hydrogens (tertiary/aromatic N) is 2. The topological polar surface area (TPSA) is 49.9 Å². The molecule has 5 heteroatoms. The Bertz CT molecular complexity index is 286. The van der Waals surface area contributed by atoms with Crippen LogP contribution in [0.15, 0.2) is 12.5 Å². The molecule has 0 aliphatic carbocycles. The number of hydrogen-bond acceptors (Lipinski definition) is 4. The zero-order valence-corrected chi connectivity index (χ0v) is 11.0. The second-order valence-electron chi connectivity index (χ2n) is 4.43. The predicted molar refractivity (Wildman–Crippen MR) is 68.8 cm³/mol. The normalized spacial score (nSPS) is 16.2. The van der Waals surface area contributed by atoms with Crippen LogP contribution in [0.4, 0.5) is 0 Å². The lowest BCUT2D eigenvalue weighted by atomic mass is 10.0. The van der Waals surface area contributed by atoms with Gasteiger partial charge in [0.25, 0.3) is 0 Å². The summed E-state index contributed by atoms with van der Waals surface area (Å²) < 4.78 is 5.18. The number of piperidine rings is 1. The highest BCUT2D eigenvalue weighted by Gasteiger charge is 2.24. The van der Waals surface area contributed by atoms with Gasteiger partial charge in [0.15, 0.2) is 12.2 Å². The SMILES string of the molecule is C=C(OCC=O)N1CCC(N(C=O)CCC)CC1. The van der Waals surface area contributed by atoms with E-state index in [1.807, 2.05) is 9.80 Å². The van der Waals surface area contributed by atoms with Crippen molar-refractivity contribution in [3.63, 3.8) is 0 Å². The molecule has 0 spiro atoms. The van der Waals surface area contributed by atoms with E-state index >= 15 is 0 Å². The van der Waals surface area contributed by atoms with E-state index in [4.69, 9.17) is 4.74 Å². The molecule has 0 N–H and O–H groups in total. The lowest BCUT2D eigenvalue weighted by Gasteiger charge is -2.37. The van der Waals surface area contributed by atoms with Gasteiger partial charge >= 0.3 is 0 Å². The van der Waals surface area contributed by atoms with Crippen molar-refractivity contribution in [3.8, 4) is 0 Å². The zero-order valence-electron chi connectivity index (χ0n) is 11.0. The van der Waals surface area contributed by atoms with E-state index in [0.29, 0.717) is 18.2 Å². The summed E-state index contributed by atoms with van der Waals surface area (Å²) in [5.74, 6) is 0.550. The number of carbonyl (C=O) groups is 2. The van der Waals surface area contributed by atoms with Crippen LogP contribution in [-0.2, 0) is 14.3 Å². The second-order valence-corrected chi connectivity index (χ2v) is 4.43. The molecule has 0 aromatic rings. The number of carbonyl (C=O) groups excluding carboxylic acids is 2. The molecule has 1 rings (SSSR count). The van der Waals surface area contributed by atoms with Crippen molar-refractivity contribution in [3.05, 3.63) is 12.5 Å². The fraction of sp³-hybridized carbons (Fsp3) is 0.692. The van der Waals surface area contributed by atoms with Crippen LogP contribution in [-0.4, -0.2) is 54.8 Å². The molecule has 0 radical (unpaired) electrons. The molecule has 1 amide bonds. The third-order valence-corrected chi connectivity index (χ3v) is 3.22. The van der Waals surface area contributed by atoms with Crippen LogP contribution in [0.1, 0.15) is 26.2 Å². The quantitative estimate of drug-likeness (QED) is 0.479. The Morgan fingerprint density at radius 1 is 1.44 bits per heavy atom. The minimum atomic E-state index is 0.0507. The molecule has 0 aromatic carbocycles. The van der Waals surface area contributed by atoms with Gasteiger partial charge in [-0.3, -0.25) is 9.59 Å². The molecule has 1 saturated heterocycles. The van der Waals surface area contributed by atoms with Gasteiger partial charge in [0.2, 0.25) is 6.41 Å². The fourth-order valence-electron chi connectivity index (χ4n) is 2.25. The van der Waals surface area contributed by atoms with Gasteiger partial charge in [-0.1, -0.05) is 6.92 Å². The maximum atomic E-state index is 11.0. The molecule has 0 bridgehead atoms. The smallest absolute Gasteiger partial charge is 0.209 e. The van der Waals surface area contributed by atoms with E-state index in [1.54, 1.807) is 0 Å². The first kappa shape index (κ1) is 14.5. The van der Waals surface area contributed by atoms with Crippen molar-refractivity contribution in [2.24, 2.45) is 0 Å². The monoisotopic (exact) mass is 254 g/mol. The average Bonchev–Trinajstić information content (AvgIpc) is 2.42. The predicted octanol–water partition coefficient (Wildman–Crippen LogP) is 1.01. The zero-order chi connectivity index (χ0) is 13.4. The van der Waals surface area contributed by atoms with Gasteiger partial charge in [-0.15, -0.1) is 0 Å². The highest BCUT2D eigenvalue weighted by molar-refractivity contribution is 5.50. The van der Waals surface area contributed by atoms with Gasteiger partial charge in [-0.2, -0.15) is 0 Å². The minimum Gasteiger partial charge on any atom is -0.472 e. The van der Waals surface area contributed by atoms with Crippen LogP contribution >= 0.6 is 0 Å². The Hall–Kier alpha value is -1.52. The number of aldehydes is 1. The molecule has 1 aliphatic rings. The third-order valence-electron chi connectivity index (χ3n) is 3.22. The number of hydrogen-bond donors (Lipinski definition) is 0. The Kier molecular flexibility index (Phi) is 6.25. The highest BCUT2D eigenvalue weighted by Crippen LogP contribution is 2.18. The summed E-state index contributed by atoms with van der Waals surface area (Å²) in [6.07, 6.45) is 4.48. The van der Waals surface area contributed by atoms with Crippen molar-refractivity contribution in [2.75, 3.05) is 26.2 Å². The van der Waals surface area contributed by atoms with E-state index in [-0.39, 0.29) is 6.61 Å². The first-order valence-corrected chi connectivity index (χ1v) is 6.44. The largest absolute Gasteiger partial charge is 0.472 e. The van der Waals surface area contributed by atoms with E-state index in [0.717, 1.165) is 45.3 Å². The molecule has 0 atom stereocenters. The molecule has 18 heavy (non-hydrogen) atoms. The van der Waals surface area contributed by atoms with Crippen LogP contribution < -0.4 is 0 Å². The molecule has 102 valence electrons. The van der Waals surface area contributed by atoms with Crippen molar-refractivity contribution in [1.29, 1.82) is 0 Å². The Morgan fingerprint density at radius 3 is 2.61 bits per heavy atom. The third kappa shape index (κ3) is 4.05. The van der Waals surface area contributed by atoms with E-state index < -0.39 is 0 Å². The van der Waals surface area contributed by atoms with Crippen LogP contribution in [0.5, 0.6) is 0 Å². The fourth-order valence-corrected chi connectivity index (χ4v) is 2.25. The summed E-state index contributed by atoms with van der Waals surface area (Å²) in [5.41, 5.74) is 0. The average molecular weight is 254 g/mol. The first-order chi connectivity index (χ1) is 8.72. The van der Waals surface area contributed by atoms with E-state index in [2.05, 4.69) is 13.5 Å². The van der Waals surface area contributed by atoms with Gasteiger partial charge in [0.05, 0.1) is 0 Å². The minimum absolute atomic E-state index is 0.0507. The molecule has 5 nitrogen and oxygen atoms in total. The summed E-state index contributed by atoms with van der Waals surface area (Å²) in [6.45, 7) is 8.37. The summed E-state index contributed by atoms with van der Waals surface area (Å²) in [7, 11) is 0.